The summed E-state index contributed by atoms with van der Waals surface area (Å²) in [5.41, 5.74) is 0.340. The smallest absolute Gasteiger partial charge is 0.0730 e. The summed E-state index contributed by atoms with van der Waals surface area (Å²) in [7, 11) is 0. The second-order valence-corrected chi connectivity index (χ2v) is 4.46. The zero-order valence-electron chi connectivity index (χ0n) is 7.60. The SMILES string of the molecule is CC1CCC2(CC1)OCC2C. The van der Waals surface area contributed by atoms with Gasteiger partial charge in [-0.15, -0.1) is 0 Å². The standard InChI is InChI=1S/C10H18O/c1-8-3-5-10(6-4-8)9(2)7-11-10/h8-9H,3-7H2,1-2H3. The van der Waals surface area contributed by atoms with Crippen molar-refractivity contribution in [3.05, 3.63) is 0 Å². The lowest BCUT2D eigenvalue weighted by Crippen LogP contribution is -2.53. The first kappa shape index (κ1) is 7.60. The van der Waals surface area contributed by atoms with Crippen molar-refractivity contribution in [1.29, 1.82) is 0 Å². The van der Waals surface area contributed by atoms with Crippen LogP contribution in [0.15, 0.2) is 0 Å². The Morgan fingerprint density at radius 1 is 1.18 bits per heavy atom. The minimum Gasteiger partial charge on any atom is -0.374 e. The van der Waals surface area contributed by atoms with Crippen molar-refractivity contribution in [3.8, 4) is 0 Å². The monoisotopic (exact) mass is 154 g/mol. The molecule has 11 heavy (non-hydrogen) atoms. The molecule has 64 valence electrons. The van der Waals surface area contributed by atoms with Gasteiger partial charge >= 0.3 is 0 Å². The lowest BCUT2D eigenvalue weighted by atomic mass is 9.70. The number of hydrogen-bond donors (Lipinski definition) is 0. The van der Waals surface area contributed by atoms with Crippen LogP contribution in [0.4, 0.5) is 0 Å². The normalized spacial score (nSPS) is 50.7. The Bertz CT molecular complexity index is 145. The van der Waals surface area contributed by atoms with Gasteiger partial charge in [0.2, 0.25) is 0 Å². The number of rotatable bonds is 0. The third kappa shape index (κ3) is 1.10. The van der Waals surface area contributed by atoms with E-state index >= 15 is 0 Å². The van der Waals surface area contributed by atoms with E-state index in [1.165, 1.54) is 25.7 Å². The van der Waals surface area contributed by atoms with Gasteiger partial charge in [-0.3, -0.25) is 0 Å². The van der Waals surface area contributed by atoms with Crippen LogP contribution < -0.4 is 0 Å². The zero-order valence-corrected chi connectivity index (χ0v) is 7.60. The van der Waals surface area contributed by atoms with Crippen molar-refractivity contribution in [2.75, 3.05) is 6.61 Å². The Morgan fingerprint density at radius 2 is 1.82 bits per heavy atom. The first-order chi connectivity index (χ1) is 5.23. The molecule has 1 unspecified atom stereocenters. The molecule has 2 aliphatic rings. The van der Waals surface area contributed by atoms with Gasteiger partial charge in [-0.1, -0.05) is 13.8 Å². The van der Waals surface area contributed by atoms with Crippen LogP contribution >= 0.6 is 0 Å². The van der Waals surface area contributed by atoms with Crippen molar-refractivity contribution in [1.82, 2.24) is 0 Å². The van der Waals surface area contributed by atoms with E-state index in [9.17, 15) is 0 Å². The molecule has 1 saturated heterocycles. The Balaban J connectivity index is 1.96. The fraction of sp³-hybridized carbons (Fsp3) is 1.00. The molecule has 0 aromatic carbocycles. The highest BCUT2D eigenvalue weighted by Gasteiger charge is 2.46. The van der Waals surface area contributed by atoms with Crippen molar-refractivity contribution in [3.63, 3.8) is 0 Å². The summed E-state index contributed by atoms with van der Waals surface area (Å²) in [4.78, 5) is 0. The Hall–Kier alpha value is -0.0400. The van der Waals surface area contributed by atoms with Crippen LogP contribution in [0.3, 0.4) is 0 Å². The largest absolute Gasteiger partial charge is 0.374 e. The first-order valence-electron chi connectivity index (χ1n) is 4.87. The second kappa shape index (κ2) is 2.48. The van der Waals surface area contributed by atoms with E-state index in [0.717, 1.165) is 18.4 Å². The minimum atomic E-state index is 0.340. The minimum absolute atomic E-state index is 0.340. The number of ether oxygens (including phenoxy) is 1. The molecule has 0 aromatic heterocycles. The average molecular weight is 154 g/mol. The fourth-order valence-corrected chi connectivity index (χ4v) is 2.37. The van der Waals surface area contributed by atoms with Crippen LogP contribution in [0.2, 0.25) is 0 Å². The molecule has 0 amide bonds. The van der Waals surface area contributed by atoms with Crippen LogP contribution in [-0.4, -0.2) is 12.2 Å². The summed E-state index contributed by atoms with van der Waals surface area (Å²) in [5, 5.41) is 0. The highest BCUT2D eigenvalue weighted by Crippen LogP contribution is 2.45. The average Bonchev–Trinajstić information content (AvgIpc) is 2.03. The van der Waals surface area contributed by atoms with Gasteiger partial charge in [0, 0.05) is 5.92 Å². The molecule has 1 aliphatic heterocycles. The third-order valence-corrected chi connectivity index (χ3v) is 3.64. The highest BCUT2D eigenvalue weighted by molar-refractivity contribution is 4.96. The van der Waals surface area contributed by atoms with Gasteiger partial charge in [0.25, 0.3) is 0 Å². The highest BCUT2D eigenvalue weighted by atomic mass is 16.5. The summed E-state index contributed by atoms with van der Waals surface area (Å²) in [6.07, 6.45) is 5.39. The van der Waals surface area contributed by atoms with Gasteiger partial charge < -0.3 is 4.74 Å². The fourth-order valence-electron chi connectivity index (χ4n) is 2.37. The van der Waals surface area contributed by atoms with E-state index in [2.05, 4.69) is 13.8 Å². The maximum absolute atomic E-state index is 5.72. The van der Waals surface area contributed by atoms with Gasteiger partial charge in [0.1, 0.15) is 0 Å². The summed E-state index contributed by atoms with van der Waals surface area (Å²) in [6.45, 7) is 5.70. The molecule has 1 heterocycles. The van der Waals surface area contributed by atoms with Gasteiger partial charge in [-0.2, -0.15) is 0 Å². The zero-order chi connectivity index (χ0) is 7.90. The maximum Gasteiger partial charge on any atom is 0.0730 e. The van der Waals surface area contributed by atoms with E-state index in [4.69, 9.17) is 4.74 Å². The molecule has 2 rings (SSSR count). The Kier molecular flexibility index (Phi) is 1.71. The predicted octanol–water partition coefficient (Wildman–Crippen LogP) is 2.60. The Labute approximate surface area is 69.1 Å². The van der Waals surface area contributed by atoms with E-state index in [1.807, 2.05) is 0 Å². The van der Waals surface area contributed by atoms with Gasteiger partial charge in [0.15, 0.2) is 0 Å². The molecular formula is C10H18O. The van der Waals surface area contributed by atoms with Gasteiger partial charge in [-0.05, 0) is 31.6 Å². The first-order valence-corrected chi connectivity index (χ1v) is 4.87. The summed E-state index contributed by atoms with van der Waals surface area (Å²) < 4.78 is 5.72. The lowest BCUT2D eigenvalue weighted by Gasteiger charge is -2.51. The van der Waals surface area contributed by atoms with E-state index in [0.29, 0.717) is 5.60 Å². The lowest BCUT2D eigenvalue weighted by molar-refractivity contribution is -0.216. The van der Waals surface area contributed by atoms with Crippen LogP contribution in [0.25, 0.3) is 0 Å². The molecule has 0 N–H and O–H groups in total. The molecule has 1 heteroatoms. The molecule has 0 radical (unpaired) electrons. The van der Waals surface area contributed by atoms with E-state index in [-0.39, 0.29) is 0 Å². The summed E-state index contributed by atoms with van der Waals surface area (Å²) in [5.74, 6) is 1.77. The quantitative estimate of drug-likeness (QED) is 0.521. The molecular weight excluding hydrogens is 136 g/mol. The molecule has 1 atom stereocenters. The van der Waals surface area contributed by atoms with E-state index in [1.54, 1.807) is 0 Å². The van der Waals surface area contributed by atoms with Gasteiger partial charge in [-0.25, -0.2) is 0 Å². The van der Waals surface area contributed by atoms with Crippen molar-refractivity contribution in [2.45, 2.75) is 45.1 Å². The predicted molar refractivity (Wildman–Crippen MR) is 45.5 cm³/mol. The second-order valence-electron chi connectivity index (χ2n) is 4.46. The van der Waals surface area contributed by atoms with Crippen molar-refractivity contribution in [2.24, 2.45) is 11.8 Å². The summed E-state index contributed by atoms with van der Waals surface area (Å²) in [6, 6.07) is 0. The van der Waals surface area contributed by atoms with Crippen LogP contribution in [0.1, 0.15) is 39.5 Å². The molecule has 1 aliphatic carbocycles. The molecule has 1 spiro atoms. The Morgan fingerprint density at radius 3 is 2.18 bits per heavy atom. The molecule has 2 fully saturated rings. The summed E-state index contributed by atoms with van der Waals surface area (Å²) >= 11 is 0. The van der Waals surface area contributed by atoms with Crippen molar-refractivity contribution >= 4 is 0 Å². The molecule has 0 bridgehead atoms. The van der Waals surface area contributed by atoms with Crippen molar-refractivity contribution < 1.29 is 4.74 Å². The van der Waals surface area contributed by atoms with E-state index < -0.39 is 0 Å². The van der Waals surface area contributed by atoms with Crippen LogP contribution in [0.5, 0.6) is 0 Å². The topological polar surface area (TPSA) is 9.23 Å². The molecule has 1 saturated carbocycles. The van der Waals surface area contributed by atoms with Crippen LogP contribution in [0, 0.1) is 11.8 Å². The van der Waals surface area contributed by atoms with Crippen LogP contribution in [-0.2, 0) is 4.74 Å². The maximum atomic E-state index is 5.72. The molecule has 1 nitrogen and oxygen atoms in total. The van der Waals surface area contributed by atoms with Gasteiger partial charge in [0.05, 0.1) is 12.2 Å². The molecule has 0 aromatic rings. The third-order valence-electron chi connectivity index (χ3n) is 3.64. The number of hydrogen-bond acceptors (Lipinski definition) is 1.